The average molecular weight is 152 g/mol. The number of rotatable bonds is 1. The van der Waals surface area contributed by atoms with Gasteiger partial charge < -0.3 is 0 Å². The Hall–Kier alpha value is -0.260. The molecule has 1 aliphatic carbocycles. The van der Waals surface area contributed by atoms with Crippen molar-refractivity contribution in [3.8, 4) is 0 Å². The van der Waals surface area contributed by atoms with Crippen molar-refractivity contribution in [2.75, 3.05) is 0 Å². The Morgan fingerprint density at radius 3 is 2.55 bits per heavy atom. The van der Waals surface area contributed by atoms with E-state index < -0.39 is 0 Å². The van der Waals surface area contributed by atoms with Crippen LogP contribution in [0.2, 0.25) is 0 Å². The van der Waals surface area contributed by atoms with Crippen molar-refractivity contribution < 1.29 is 0 Å². The molecule has 11 heavy (non-hydrogen) atoms. The first-order valence-electron chi connectivity index (χ1n) is 4.78. The third kappa shape index (κ3) is 2.08. The van der Waals surface area contributed by atoms with Gasteiger partial charge in [-0.2, -0.15) is 0 Å². The predicted molar refractivity (Wildman–Crippen MR) is 50.5 cm³/mol. The van der Waals surface area contributed by atoms with Crippen LogP contribution in [-0.2, 0) is 0 Å². The molecule has 0 N–H and O–H groups in total. The highest BCUT2D eigenvalue weighted by molar-refractivity contribution is 5.07. The van der Waals surface area contributed by atoms with Crippen LogP contribution in [0.15, 0.2) is 11.6 Å². The normalized spacial score (nSPS) is 32.3. The zero-order valence-corrected chi connectivity index (χ0v) is 8.22. The topological polar surface area (TPSA) is 0 Å². The summed E-state index contributed by atoms with van der Waals surface area (Å²) in [7, 11) is 0. The maximum atomic E-state index is 2.43. The van der Waals surface area contributed by atoms with Crippen LogP contribution in [0.3, 0.4) is 0 Å². The van der Waals surface area contributed by atoms with Gasteiger partial charge in [-0.3, -0.25) is 0 Å². The van der Waals surface area contributed by atoms with Gasteiger partial charge >= 0.3 is 0 Å². The minimum Gasteiger partial charge on any atom is -0.0851 e. The molecule has 0 heterocycles. The van der Waals surface area contributed by atoms with E-state index >= 15 is 0 Å². The van der Waals surface area contributed by atoms with E-state index in [1.54, 1.807) is 5.57 Å². The van der Waals surface area contributed by atoms with Crippen molar-refractivity contribution in [1.82, 2.24) is 0 Å². The Bertz CT molecular complexity index is 153. The fourth-order valence-corrected chi connectivity index (χ4v) is 1.82. The van der Waals surface area contributed by atoms with E-state index in [1.807, 2.05) is 0 Å². The average Bonchev–Trinajstić information content (AvgIpc) is 1.94. The summed E-state index contributed by atoms with van der Waals surface area (Å²) in [5.41, 5.74) is 1.60. The molecule has 0 nitrogen and oxygen atoms in total. The maximum absolute atomic E-state index is 2.43. The Labute approximate surface area is 70.7 Å². The van der Waals surface area contributed by atoms with Gasteiger partial charge in [0.2, 0.25) is 0 Å². The van der Waals surface area contributed by atoms with Gasteiger partial charge in [-0.15, -0.1) is 0 Å². The molecule has 0 fully saturated rings. The van der Waals surface area contributed by atoms with E-state index in [0.717, 1.165) is 17.8 Å². The van der Waals surface area contributed by atoms with Gasteiger partial charge in [0.05, 0.1) is 0 Å². The van der Waals surface area contributed by atoms with E-state index in [4.69, 9.17) is 0 Å². The lowest BCUT2D eigenvalue weighted by molar-refractivity contribution is 0.310. The van der Waals surface area contributed by atoms with Crippen LogP contribution in [0, 0.1) is 17.8 Å². The molecule has 0 saturated heterocycles. The molecule has 0 bridgehead atoms. The van der Waals surface area contributed by atoms with Gasteiger partial charge in [-0.1, -0.05) is 32.4 Å². The SMILES string of the molecule is CC1=CC[C@@H](C(C)C)C[C@H]1C. The summed E-state index contributed by atoms with van der Waals surface area (Å²) in [5, 5.41) is 0. The quantitative estimate of drug-likeness (QED) is 0.503. The summed E-state index contributed by atoms with van der Waals surface area (Å²) in [4.78, 5) is 0. The molecule has 0 spiro atoms. The molecule has 0 amide bonds. The fraction of sp³-hybridized carbons (Fsp3) is 0.818. The monoisotopic (exact) mass is 152 g/mol. The minimum absolute atomic E-state index is 0.830. The van der Waals surface area contributed by atoms with Crippen molar-refractivity contribution in [3.63, 3.8) is 0 Å². The summed E-state index contributed by atoms with van der Waals surface area (Å²) in [6.07, 6.45) is 5.15. The lowest BCUT2D eigenvalue weighted by Crippen LogP contribution is -2.16. The standard InChI is InChI=1S/C11H20/c1-8(2)11-6-5-9(3)10(4)7-11/h5,8,10-11H,6-7H2,1-4H3/t10-,11-/m1/s1. The summed E-state index contributed by atoms with van der Waals surface area (Å²) >= 11 is 0. The molecule has 0 aromatic rings. The van der Waals surface area contributed by atoms with E-state index in [1.165, 1.54) is 12.8 Å². The molecule has 0 heteroatoms. The summed E-state index contributed by atoms with van der Waals surface area (Å²) in [6, 6.07) is 0. The highest BCUT2D eigenvalue weighted by Gasteiger charge is 2.20. The van der Waals surface area contributed by atoms with Crippen LogP contribution in [-0.4, -0.2) is 0 Å². The first-order chi connectivity index (χ1) is 5.11. The molecule has 0 saturated carbocycles. The van der Waals surface area contributed by atoms with Crippen molar-refractivity contribution >= 4 is 0 Å². The minimum atomic E-state index is 0.830. The van der Waals surface area contributed by atoms with Crippen LogP contribution in [0.1, 0.15) is 40.5 Å². The maximum Gasteiger partial charge on any atom is -0.0232 e. The van der Waals surface area contributed by atoms with Crippen LogP contribution >= 0.6 is 0 Å². The molecular formula is C11H20. The summed E-state index contributed by atoms with van der Waals surface area (Å²) < 4.78 is 0. The number of hydrogen-bond donors (Lipinski definition) is 0. The lowest BCUT2D eigenvalue weighted by atomic mass is 9.78. The van der Waals surface area contributed by atoms with Crippen molar-refractivity contribution in [2.45, 2.75) is 40.5 Å². The molecule has 0 radical (unpaired) electrons. The Morgan fingerprint density at radius 1 is 1.45 bits per heavy atom. The first-order valence-corrected chi connectivity index (χ1v) is 4.78. The molecule has 0 aliphatic heterocycles. The van der Waals surface area contributed by atoms with Crippen LogP contribution < -0.4 is 0 Å². The Morgan fingerprint density at radius 2 is 2.09 bits per heavy atom. The second kappa shape index (κ2) is 3.42. The van der Waals surface area contributed by atoms with E-state index in [9.17, 15) is 0 Å². The summed E-state index contributed by atoms with van der Waals surface area (Å²) in [6.45, 7) is 9.29. The lowest BCUT2D eigenvalue weighted by Gasteiger charge is -2.28. The zero-order valence-electron chi connectivity index (χ0n) is 8.22. The highest BCUT2D eigenvalue weighted by Crippen LogP contribution is 2.32. The molecule has 2 atom stereocenters. The van der Waals surface area contributed by atoms with Crippen molar-refractivity contribution in [1.29, 1.82) is 0 Å². The summed E-state index contributed by atoms with van der Waals surface area (Å²) in [5.74, 6) is 2.63. The van der Waals surface area contributed by atoms with Gasteiger partial charge in [0.15, 0.2) is 0 Å². The van der Waals surface area contributed by atoms with Gasteiger partial charge in [0, 0.05) is 0 Å². The highest BCUT2D eigenvalue weighted by atomic mass is 14.3. The van der Waals surface area contributed by atoms with Crippen molar-refractivity contribution in [2.24, 2.45) is 17.8 Å². The largest absolute Gasteiger partial charge is 0.0851 e. The van der Waals surface area contributed by atoms with Crippen LogP contribution in [0.5, 0.6) is 0 Å². The second-order valence-electron chi connectivity index (χ2n) is 4.32. The molecule has 1 aliphatic rings. The van der Waals surface area contributed by atoms with Gasteiger partial charge in [0.25, 0.3) is 0 Å². The third-order valence-corrected chi connectivity index (χ3v) is 3.12. The number of hydrogen-bond acceptors (Lipinski definition) is 0. The molecule has 0 unspecified atom stereocenters. The van der Waals surface area contributed by atoms with Gasteiger partial charge in [-0.05, 0) is 37.5 Å². The van der Waals surface area contributed by atoms with E-state index in [2.05, 4.69) is 33.8 Å². The fourth-order valence-electron chi connectivity index (χ4n) is 1.82. The van der Waals surface area contributed by atoms with Gasteiger partial charge in [0.1, 0.15) is 0 Å². The zero-order chi connectivity index (χ0) is 8.43. The van der Waals surface area contributed by atoms with Gasteiger partial charge in [-0.25, -0.2) is 0 Å². The third-order valence-electron chi connectivity index (χ3n) is 3.12. The Kier molecular flexibility index (Phi) is 2.75. The molecule has 0 aromatic carbocycles. The van der Waals surface area contributed by atoms with Crippen LogP contribution in [0.25, 0.3) is 0 Å². The van der Waals surface area contributed by atoms with E-state index in [-0.39, 0.29) is 0 Å². The van der Waals surface area contributed by atoms with Crippen LogP contribution in [0.4, 0.5) is 0 Å². The second-order valence-corrected chi connectivity index (χ2v) is 4.32. The molecule has 0 aromatic heterocycles. The van der Waals surface area contributed by atoms with Crippen molar-refractivity contribution in [3.05, 3.63) is 11.6 Å². The molecular weight excluding hydrogens is 132 g/mol. The number of allylic oxidation sites excluding steroid dienone is 2. The predicted octanol–water partition coefficient (Wildman–Crippen LogP) is 3.63. The first kappa shape index (κ1) is 8.83. The van der Waals surface area contributed by atoms with E-state index in [0.29, 0.717) is 0 Å². The molecule has 1 rings (SSSR count). The molecule has 64 valence electrons. The smallest absolute Gasteiger partial charge is 0.0232 e. The Balaban J connectivity index is 2.55.